The number of likely N-dealkylation sites (N-methyl/N-ethyl adjacent to an activating group) is 1. The van der Waals surface area contributed by atoms with Gasteiger partial charge in [0, 0.05) is 11.9 Å². The summed E-state index contributed by atoms with van der Waals surface area (Å²) in [5.74, 6) is 0.297. The van der Waals surface area contributed by atoms with Gasteiger partial charge in [-0.25, -0.2) is 0 Å². The van der Waals surface area contributed by atoms with Crippen molar-refractivity contribution in [2.75, 3.05) is 18.5 Å². The van der Waals surface area contributed by atoms with E-state index in [1.807, 2.05) is 18.2 Å². The second kappa shape index (κ2) is 7.11. The van der Waals surface area contributed by atoms with Crippen molar-refractivity contribution in [1.29, 1.82) is 0 Å². The SMILES string of the molecule is CNC(=O)[C@@H]1CN(C(=O)c2cc3c(s2)CCCCC3)c2ccccc2O1. The average molecular weight is 370 g/mol. The molecule has 2 aliphatic rings. The zero-order valence-corrected chi connectivity index (χ0v) is 15.6. The van der Waals surface area contributed by atoms with E-state index >= 15 is 0 Å². The molecule has 1 N–H and O–H groups in total. The highest BCUT2D eigenvalue weighted by Crippen LogP contribution is 2.36. The van der Waals surface area contributed by atoms with E-state index in [1.165, 1.54) is 29.7 Å². The van der Waals surface area contributed by atoms with Gasteiger partial charge in [-0.1, -0.05) is 18.6 Å². The van der Waals surface area contributed by atoms with E-state index in [0.717, 1.165) is 23.4 Å². The van der Waals surface area contributed by atoms with Gasteiger partial charge in [-0.15, -0.1) is 11.3 Å². The Morgan fingerprint density at radius 3 is 2.85 bits per heavy atom. The number of fused-ring (bicyclic) bond motifs is 2. The second-order valence-corrected chi connectivity index (χ2v) is 7.86. The van der Waals surface area contributed by atoms with Gasteiger partial charge < -0.3 is 10.1 Å². The molecule has 4 rings (SSSR count). The first-order valence-electron chi connectivity index (χ1n) is 9.08. The van der Waals surface area contributed by atoms with Crippen LogP contribution in [0.1, 0.15) is 39.4 Å². The predicted molar refractivity (Wildman–Crippen MR) is 102 cm³/mol. The summed E-state index contributed by atoms with van der Waals surface area (Å²) in [6, 6.07) is 9.45. The van der Waals surface area contributed by atoms with Crippen LogP contribution in [0.3, 0.4) is 0 Å². The van der Waals surface area contributed by atoms with Crippen molar-refractivity contribution < 1.29 is 14.3 Å². The van der Waals surface area contributed by atoms with Gasteiger partial charge in [-0.3, -0.25) is 14.5 Å². The summed E-state index contributed by atoms with van der Waals surface area (Å²) in [6.07, 6.45) is 5.07. The van der Waals surface area contributed by atoms with Crippen LogP contribution in [0.25, 0.3) is 0 Å². The zero-order chi connectivity index (χ0) is 18.1. The van der Waals surface area contributed by atoms with Gasteiger partial charge >= 0.3 is 0 Å². The highest BCUT2D eigenvalue weighted by Gasteiger charge is 2.34. The Labute approximate surface area is 157 Å². The fourth-order valence-corrected chi connectivity index (χ4v) is 4.83. The van der Waals surface area contributed by atoms with E-state index in [9.17, 15) is 9.59 Å². The minimum absolute atomic E-state index is 0.0484. The number of para-hydroxylation sites is 2. The first-order valence-corrected chi connectivity index (χ1v) is 9.89. The number of thiophene rings is 1. The molecule has 0 bridgehead atoms. The van der Waals surface area contributed by atoms with Gasteiger partial charge in [0.25, 0.3) is 11.8 Å². The largest absolute Gasteiger partial charge is 0.477 e. The summed E-state index contributed by atoms with van der Waals surface area (Å²) >= 11 is 1.61. The van der Waals surface area contributed by atoms with Crippen LogP contribution in [0.4, 0.5) is 5.69 Å². The van der Waals surface area contributed by atoms with Gasteiger partial charge in [0.1, 0.15) is 5.75 Å². The van der Waals surface area contributed by atoms with Crippen LogP contribution < -0.4 is 15.0 Å². The summed E-state index contributed by atoms with van der Waals surface area (Å²) in [5.41, 5.74) is 2.04. The molecule has 1 aromatic heterocycles. The third-order valence-electron chi connectivity index (χ3n) is 5.02. The average Bonchev–Trinajstić information content (AvgIpc) is 2.96. The topological polar surface area (TPSA) is 58.6 Å². The Hall–Kier alpha value is -2.34. The molecule has 136 valence electrons. The number of carbonyl (C=O) groups is 2. The number of hydrogen-bond acceptors (Lipinski definition) is 4. The molecule has 2 amide bonds. The summed E-state index contributed by atoms with van der Waals surface area (Å²) in [5, 5.41) is 2.61. The number of carbonyl (C=O) groups excluding carboxylic acids is 2. The monoisotopic (exact) mass is 370 g/mol. The van der Waals surface area contributed by atoms with Gasteiger partial charge in [-0.2, -0.15) is 0 Å². The van der Waals surface area contributed by atoms with E-state index in [2.05, 4.69) is 11.4 Å². The standard InChI is InChI=1S/C20H22N2O3S/c1-21-19(23)16-12-22(14-8-5-6-9-15(14)25-16)20(24)18-11-13-7-3-2-4-10-17(13)26-18/h5-6,8-9,11,16H,2-4,7,10,12H2,1H3,(H,21,23)/t16-/m0/s1. The molecule has 1 atom stereocenters. The van der Waals surface area contributed by atoms with Crippen LogP contribution in [0.5, 0.6) is 5.75 Å². The van der Waals surface area contributed by atoms with Crippen LogP contribution in [-0.2, 0) is 17.6 Å². The predicted octanol–water partition coefficient (Wildman–Crippen LogP) is 3.17. The molecule has 6 heteroatoms. The number of nitrogens with one attached hydrogen (secondary N) is 1. The Kier molecular flexibility index (Phi) is 4.68. The first kappa shape index (κ1) is 17.1. The van der Waals surface area contributed by atoms with Crippen molar-refractivity contribution in [3.8, 4) is 5.75 Å². The van der Waals surface area contributed by atoms with E-state index in [4.69, 9.17) is 4.74 Å². The highest BCUT2D eigenvalue weighted by atomic mass is 32.1. The van der Waals surface area contributed by atoms with E-state index in [0.29, 0.717) is 5.75 Å². The number of aryl methyl sites for hydroxylation is 2. The number of benzene rings is 1. The van der Waals surface area contributed by atoms with E-state index < -0.39 is 6.10 Å². The van der Waals surface area contributed by atoms with Crippen LogP contribution in [0, 0.1) is 0 Å². The molecule has 0 saturated heterocycles. The molecule has 2 aromatic rings. The van der Waals surface area contributed by atoms with Crippen LogP contribution in [0.2, 0.25) is 0 Å². The zero-order valence-electron chi connectivity index (χ0n) is 14.8. The number of amides is 2. The summed E-state index contributed by atoms with van der Waals surface area (Å²) in [6.45, 7) is 0.220. The minimum atomic E-state index is -0.698. The maximum Gasteiger partial charge on any atom is 0.268 e. The lowest BCUT2D eigenvalue weighted by Gasteiger charge is -2.33. The molecule has 26 heavy (non-hydrogen) atoms. The number of ether oxygens (including phenoxy) is 1. The van der Waals surface area contributed by atoms with E-state index in [1.54, 1.807) is 29.4 Å². The van der Waals surface area contributed by atoms with Crippen molar-refractivity contribution in [3.05, 3.63) is 45.6 Å². The number of hydrogen-bond donors (Lipinski definition) is 1. The van der Waals surface area contributed by atoms with Crippen molar-refractivity contribution >= 4 is 28.8 Å². The maximum atomic E-state index is 13.3. The molecular formula is C20H22N2O3S. The lowest BCUT2D eigenvalue weighted by Crippen LogP contribution is -2.50. The third-order valence-corrected chi connectivity index (χ3v) is 6.24. The normalized spacial score (nSPS) is 19.0. The van der Waals surface area contributed by atoms with Gasteiger partial charge in [0.15, 0.2) is 6.10 Å². The highest BCUT2D eigenvalue weighted by molar-refractivity contribution is 7.14. The van der Waals surface area contributed by atoms with Crippen molar-refractivity contribution in [2.24, 2.45) is 0 Å². The van der Waals surface area contributed by atoms with Crippen molar-refractivity contribution in [1.82, 2.24) is 5.32 Å². The third kappa shape index (κ3) is 3.09. The fourth-order valence-electron chi connectivity index (χ4n) is 3.63. The fraction of sp³-hybridized carbons (Fsp3) is 0.400. The number of nitrogens with zero attached hydrogens (tertiary/aromatic N) is 1. The molecule has 0 unspecified atom stereocenters. The molecule has 1 aliphatic carbocycles. The van der Waals surface area contributed by atoms with Crippen LogP contribution in [0.15, 0.2) is 30.3 Å². The first-order chi connectivity index (χ1) is 12.7. The molecule has 1 aromatic carbocycles. The summed E-state index contributed by atoms with van der Waals surface area (Å²) in [7, 11) is 1.58. The van der Waals surface area contributed by atoms with Gasteiger partial charge in [-0.05, 0) is 49.4 Å². The molecule has 0 fully saturated rings. The summed E-state index contributed by atoms with van der Waals surface area (Å²) in [4.78, 5) is 29.2. The molecular weight excluding hydrogens is 348 g/mol. The Balaban J connectivity index is 1.67. The molecule has 0 radical (unpaired) electrons. The Morgan fingerprint density at radius 1 is 1.19 bits per heavy atom. The lowest BCUT2D eigenvalue weighted by molar-refractivity contribution is -0.127. The van der Waals surface area contributed by atoms with Crippen LogP contribution in [-0.4, -0.2) is 31.5 Å². The van der Waals surface area contributed by atoms with Crippen molar-refractivity contribution in [2.45, 2.75) is 38.2 Å². The van der Waals surface area contributed by atoms with Gasteiger partial charge in [0.2, 0.25) is 0 Å². The lowest BCUT2D eigenvalue weighted by atomic mass is 10.1. The Bertz CT molecular complexity index is 822. The molecule has 2 heterocycles. The second-order valence-electron chi connectivity index (χ2n) is 6.72. The summed E-state index contributed by atoms with van der Waals surface area (Å²) < 4.78 is 5.80. The Morgan fingerprint density at radius 2 is 2.00 bits per heavy atom. The number of anilines is 1. The molecule has 0 spiro atoms. The van der Waals surface area contributed by atoms with Crippen molar-refractivity contribution in [3.63, 3.8) is 0 Å². The van der Waals surface area contributed by atoms with E-state index in [-0.39, 0.29) is 18.4 Å². The molecule has 1 aliphatic heterocycles. The van der Waals surface area contributed by atoms with Gasteiger partial charge in [0.05, 0.1) is 17.1 Å². The number of rotatable bonds is 2. The maximum absolute atomic E-state index is 13.3. The quantitative estimate of drug-likeness (QED) is 0.826. The minimum Gasteiger partial charge on any atom is -0.477 e. The smallest absolute Gasteiger partial charge is 0.268 e. The molecule has 5 nitrogen and oxygen atoms in total. The van der Waals surface area contributed by atoms with Crippen LogP contribution >= 0.6 is 11.3 Å². The molecule has 0 saturated carbocycles.